The van der Waals surface area contributed by atoms with Gasteiger partial charge in [0.25, 0.3) is 0 Å². The molecule has 0 radical (unpaired) electrons. The predicted molar refractivity (Wildman–Crippen MR) is 89.8 cm³/mol. The van der Waals surface area contributed by atoms with E-state index in [0.717, 1.165) is 11.5 Å². The molecule has 5 heteroatoms. The van der Waals surface area contributed by atoms with Crippen LogP contribution in [0.25, 0.3) is 0 Å². The number of methoxy groups -OCH3 is 1. The molecule has 0 saturated heterocycles. The van der Waals surface area contributed by atoms with Gasteiger partial charge in [-0.1, -0.05) is 0 Å². The van der Waals surface area contributed by atoms with Gasteiger partial charge in [-0.05, 0) is 61.9 Å². The van der Waals surface area contributed by atoms with E-state index in [-0.39, 0.29) is 18.2 Å². The number of benzene rings is 2. The highest BCUT2D eigenvalue weighted by atomic mass is 16.5. The number of rotatable bonds is 8. The Hall–Kier alpha value is -2.82. The Morgan fingerprint density at radius 1 is 0.875 bits per heavy atom. The second-order valence-electron chi connectivity index (χ2n) is 5.18. The minimum absolute atomic E-state index is 0.0245. The zero-order valence-corrected chi connectivity index (χ0v) is 13.8. The second-order valence-corrected chi connectivity index (χ2v) is 5.18. The average Bonchev–Trinajstić information content (AvgIpc) is 2.59. The summed E-state index contributed by atoms with van der Waals surface area (Å²) >= 11 is 0. The van der Waals surface area contributed by atoms with E-state index in [4.69, 9.17) is 14.2 Å². The van der Waals surface area contributed by atoms with E-state index in [1.54, 1.807) is 31.4 Å². The molecule has 2 rings (SSSR count). The third kappa shape index (κ3) is 5.43. The van der Waals surface area contributed by atoms with Crippen molar-refractivity contribution < 1.29 is 23.8 Å². The van der Waals surface area contributed by atoms with Crippen LogP contribution in [0.1, 0.15) is 30.1 Å². The molecule has 0 atom stereocenters. The lowest BCUT2D eigenvalue weighted by atomic mass is 10.1. The molecule has 0 heterocycles. The molecule has 0 aromatic heterocycles. The minimum atomic E-state index is -0.330. The van der Waals surface area contributed by atoms with E-state index >= 15 is 0 Å². The molecule has 2 aromatic carbocycles. The van der Waals surface area contributed by atoms with Crippen LogP contribution in [0.3, 0.4) is 0 Å². The van der Waals surface area contributed by atoms with Crippen molar-refractivity contribution in [3.05, 3.63) is 54.1 Å². The molecule has 0 fully saturated rings. The van der Waals surface area contributed by atoms with E-state index in [2.05, 4.69) is 0 Å². The summed E-state index contributed by atoms with van der Waals surface area (Å²) in [7, 11) is 1.61. The Morgan fingerprint density at radius 2 is 1.46 bits per heavy atom. The molecule has 0 aliphatic rings. The molecule has 126 valence electrons. The molecule has 0 amide bonds. The number of ether oxygens (including phenoxy) is 3. The normalized spacial score (nSPS) is 10.1. The Balaban J connectivity index is 1.69. The van der Waals surface area contributed by atoms with E-state index in [0.29, 0.717) is 24.3 Å². The third-order valence-electron chi connectivity index (χ3n) is 3.35. The van der Waals surface area contributed by atoms with Crippen molar-refractivity contribution in [2.45, 2.75) is 19.8 Å². The van der Waals surface area contributed by atoms with Gasteiger partial charge in [-0.15, -0.1) is 0 Å². The Kier molecular flexibility index (Phi) is 6.37. The van der Waals surface area contributed by atoms with Crippen LogP contribution in [-0.2, 0) is 4.79 Å². The summed E-state index contributed by atoms with van der Waals surface area (Å²) in [6.45, 7) is 1.91. The van der Waals surface area contributed by atoms with Crippen molar-refractivity contribution >= 4 is 11.8 Å². The molecule has 0 aliphatic carbocycles. The standard InChI is InChI=1S/C19H20O5/c1-14(20)15-5-7-18(8-6-15)24-19(21)4-3-13-23-17-11-9-16(22-2)10-12-17/h5-12H,3-4,13H2,1-2H3. The van der Waals surface area contributed by atoms with E-state index in [1.807, 2.05) is 24.3 Å². The molecule has 2 aromatic rings. The highest BCUT2D eigenvalue weighted by Crippen LogP contribution is 2.17. The lowest BCUT2D eigenvalue weighted by Gasteiger charge is -2.07. The van der Waals surface area contributed by atoms with Crippen LogP contribution in [0, 0.1) is 0 Å². The van der Waals surface area contributed by atoms with Gasteiger partial charge in [0.05, 0.1) is 13.7 Å². The van der Waals surface area contributed by atoms with Crippen LogP contribution in [0.2, 0.25) is 0 Å². The molecule has 24 heavy (non-hydrogen) atoms. The number of ketones is 1. The fourth-order valence-corrected chi connectivity index (χ4v) is 2.02. The molecular weight excluding hydrogens is 308 g/mol. The molecule has 0 bridgehead atoms. The molecule has 0 spiro atoms. The average molecular weight is 328 g/mol. The van der Waals surface area contributed by atoms with Crippen molar-refractivity contribution in [2.24, 2.45) is 0 Å². The zero-order chi connectivity index (χ0) is 17.4. The largest absolute Gasteiger partial charge is 0.497 e. The molecule has 0 saturated carbocycles. The highest BCUT2D eigenvalue weighted by Gasteiger charge is 2.06. The topological polar surface area (TPSA) is 61.8 Å². The number of esters is 1. The van der Waals surface area contributed by atoms with Gasteiger partial charge >= 0.3 is 5.97 Å². The van der Waals surface area contributed by atoms with E-state index < -0.39 is 0 Å². The number of hydrogen-bond donors (Lipinski definition) is 0. The number of Topliss-reactive ketones (excluding diaryl/α,β-unsaturated/α-hetero) is 1. The van der Waals surface area contributed by atoms with Crippen LogP contribution >= 0.6 is 0 Å². The molecule has 0 N–H and O–H groups in total. The minimum Gasteiger partial charge on any atom is -0.497 e. The summed E-state index contributed by atoms with van der Waals surface area (Å²) in [4.78, 5) is 22.9. The Morgan fingerprint density at radius 3 is 2.04 bits per heavy atom. The summed E-state index contributed by atoms with van der Waals surface area (Å²) < 4.78 is 15.8. The van der Waals surface area contributed by atoms with Crippen molar-refractivity contribution in [3.63, 3.8) is 0 Å². The SMILES string of the molecule is COc1ccc(OCCCC(=O)Oc2ccc(C(C)=O)cc2)cc1. The quantitative estimate of drug-likeness (QED) is 0.320. The van der Waals surface area contributed by atoms with Gasteiger partial charge < -0.3 is 14.2 Å². The van der Waals surface area contributed by atoms with E-state index in [9.17, 15) is 9.59 Å². The van der Waals surface area contributed by atoms with Gasteiger partial charge in [-0.25, -0.2) is 0 Å². The molecule has 0 aliphatic heterocycles. The predicted octanol–water partition coefficient (Wildman–Crippen LogP) is 3.66. The molecule has 0 unspecified atom stereocenters. The van der Waals surface area contributed by atoms with Gasteiger partial charge in [-0.2, -0.15) is 0 Å². The summed E-state index contributed by atoms with van der Waals surface area (Å²) in [5.41, 5.74) is 0.586. The molecule has 5 nitrogen and oxygen atoms in total. The van der Waals surface area contributed by atoms with Crippen molar-refractivity contribution in [1.29, 1.82) is 0 Å². The van der Waals surface area contributed by atoms with Gasteiger partial charge in [0, 0.05) is 12.0 Å². The van der Waals surface area contributed by atoms with Crippen molar-refractivity contribution in [3.8, 4) is 17.2 Å². The first-order valence-electron chi connectivity index (χ1n) is 7.67. The first-order valence-corrected chi connectivity index (χ1v) is 7.67. The van der Waals surface area contributed by atoms with Crippen LogP contribution in [0.15, 0.2) is 48.5 Å². The van der Waals surface area contributed by atoms with Crippen molar-refractivity contribution in [1.82, 2.24) is 0 Å². The summed E-state index contributed by atoms with van der Waals surface area (Å²) in [6.07, 6.45) is 0.807. The van der Waals surface area contributed by atoms with Crippen LogP contribution in [0.5, 0.6) is 17.2 Å². The first-order chi connectivity index (χ1) is 11.6. The third-order valence-corrected chi connectivity index (χ3v) is 3.35. The smallest absolute Gasteiger partial charge is 0.311 e. The van der Waals surface area contributed by atoms with Gasteiger partial charge in [-0.3, -0.25) is 9.59 Å². The lowest BCUT2D eigenvalue weighted by molar-refractivity contribution is -0.134. The Labute approximate surface area is 141 Å². The van der Waals surface area contributed by atoms with Crippen LogP contribution < -0.4 is 14.2 Å². The van der Waals surface area contributed by atoms with Gasteiger partial charge in [0.15, 0.2) is 5.78 Å². The Bertz CT molecular complexity index is 674. The fraction of sp³-hybridized carbons (Fsp3) is 0.263. The maximum Gasteiger partial charge on any atom is 0.311 e. The van der Waals surface area contributed by atoms with E-state index in [1.165, 1.54) is 6.92 Å². The maximum absolute atomic E-state index is 11.8. The summed E-state index contributed by atoms with van der Waals surface area (Å²) in [5, 5.41) is 0. The summed E-state index contributed by atoms with van der Waals surface area (Å²) in [5.74, 6) is 1.57. The maximum atomic E-state index is 11.8. The van der Waals surface area contributed by atoms with Gasteiger partial charge in [0.2, 0.25) is 0 Å². The second kappa shape index (κ2) is 8.72. The zero-order valence-electron chi connectivity index (χ0n) is 13.8. The van der Waals surface area contributed by atoms with Crippen LogP contribution in [0.4, 0.5) is 0 Å². The number of hydrogen-bond acceptors (Lipinski definition) is 5. The number of carbonyl (C=O) groups excluding carboxylic acids is 2. The lowest BCUT2D eigenvalue weighted by Crippen LogP contribution is -2.10. The fourth-order valence-electron chi connectivity index (χ4n) is 2.02. The number of carbonyl (C=O) groups is 2. The monoisotopic (exact) mass is 328 g/mol. The van der Waals surface area contributed by atoms with Crippen molar-refractivity contribution in [2.75, 3.05) is 13.7 Å². The van der Waals surface area contributed by atoms with Crippen LogP contribution in [-0.4, -0.2) is 25.5 Å². The molecular formula is C19H20O5. The highest BCUT2D eigenvalue weighted by molar-refractivity contribution is 5.94. The van der Waals surface area contributed by atoms with Gasteiger partial charge in [0.1, 0.15) is 17.2 Å². The summed E-state index contributed by atoms with van der Waals surface area (Å²) in [6, 6.07) is 13.8. The first kappa shape index (κ1) is 17.5.